The molecule has 1 aromatic carbocycles. The second-order valence-electron chi connectivity index (χ2n) is 4.25. The highest BCUT2D eigenvalue weighted by molar-refractivity contribution is 9.11. The van der Waals surface area contributed by atoms with Gasteiger partial charge in [-0.05, 0) is 23.6 Å². The van der Waals surface area contributed by atoms with Crippen molar-refractivity contribution >= 4 is 32.5 Å². The first-order valence-electron chi connectivity index (χ1n) is 5.99. The van der Waals surface area contributed by atoms with Crippen LogP contribution in [-0.2, 0) is 0 Å². The van der Waals surface area contributed by atoms with Crippen LogP contribution in [0.2, 0.25) is 0 Å². The van der Waals surface area contributed by atoms with Crippen molar-refractivity contribution in [1.82, 2.24) is 4.98 Å². The van der Waals surface area contributed by atoms with E-state index in [9.17, 15) is 0 Å². The zero-order valence-electron chi connectivity index (χ0n) is 10.3. The Hall–Kier alpha value is -1.75. The van der Waals surface area contributed by atoms with Crippen LogP contribution in [0, 0.1) is 0 Å². The lowest BCUT2D eigenvalue weighted by Gasteiger charge is -2.19. The van der Waals surface area contributed by atoms with E-state index in [2.05, 4.69) is 32.8 Å². The summed E-state index contributed by atoms with van der Waals surface area (Å²) >= 11 is 3.33. The molecule has 0 unspecified atom stereocenters. The second-order valence-corrected chi connectivity index (χ2v) is 5.37. The molecule has 0 bridgehead atoms. The number of nitrogens with one attached hydrogen (secondary N) is 1. The van der Waals surface area contributed by atoms with Crippen molar-refractivity contribution in [3.63, 3.8) is 0 Å². The SMILES string of the molecule is C=C(Br)CNc1nccc2cc3c(cc12)OCCO3. The molecule has 0 spiro atoms. The molecule has 0 radical (unpaired) electrons. The molecule has 1 N–H and O–H groups in total. The summed E-state index contributed by atoms with van der Waals surface area (Å²) in [5, 5.41) is 5.33. The van der Waals surface area contributed by atoms with Gasteiger partial charge in [-0.3, -0.25) is 0 Å². The van der Waals surface area contributed by atoms with E-state index in [1.807, 2.05) is 18.2 Å². The van der Waals surface area contributed by atoms with Gasteiger partial charge in [0.2, 0.25) is 0 Å². The normalized spacial score (nSPS) is 13.3. The van der Waals surface area contributed by atoms with Crippen LogP contribution >= 0.6 is 15.9 Å². The van der Waals surface area contributed by atoms with E-state index in [-0.39, 0.29) is 0 Å². The van der Waals surface area contributed by atoms with Gasteiger partial charge in [-0.1, -0.05) is 22.5 Å². The average Bonchev–Trinajstić information content (AvgIpc) is 2.42. The van der Waals surface area contributed by atoms with E-state index in [0.717, 1.165) is 32.6 Å². The lowest BCUT2D eigenvalue weighted by molar-refractivity contribution is 0.172. The highest BCUT2D eigenvalue weighted by atomic mass is 79.9. The smallest absolute Gasteiger partial charge is 0.162 e. The molecule has 0 aliphatic carbocycles. The molecule has 2 heterocycles. The van der Waals surface area contributed by atoms with Crippen molar-refractivity contribution in [2.75, 3.05) is 25.1 Å². The molecule has 2 aromatic rings. The average molecular weight is 321 g/mol. The summed E-state index contributed by atoms with van der Waals surface area (Å²) in [4.78, 5) is 4.36. The van der Waals surface area contributed by atoms with E-state index >= 15 is 0 Å². The Morgan fingerprint density at radius 3 is 2.79 bits per heavy atom. The van der Waals surface area contributed by atoms with Crippen LogP contribution in [0.1, 0.15) is 0 Å². The van der Waals surface area contributed by atoms with Crippen LogP contribution in [-0.4, -0.2) is 24.7 Å². The topological polar surface area (TPSA) is 43.4 Å². The minimum Gasteiger partial charge on any atom is -0.486 e. The molecule has 98 valence electrons. The Balaban J connectivity index is 2.05. The molecule has 5 heteroatoms. The third-order valence-electron chi connectivity index (χ3n) is 2.87. The maximum atomic E-state index is 5.60. The van der Waals surface area contributed by atoms with Gasteiger partial charge in [-0.15, -0.1) is 0 Å². The molecule has 0 amide bonds. The number of halogens is 1. The van der Waals surface area contributed by atoms with Gasteiger partial charge in [-0.2, -0.15) is 0 Å². The van der Waals surface area contributed by atoms with Gasteiger partial charge in [0.1, 0.15) is 19.0 Å². The molecular weight excluding hydrogens is 308 g/mol. The van der Waals surface area contributed by atoms with E-state index in [4.69, 9.17) is 9.47 Å². The minimum atomic E-state index is 0.583. The number of aromatic nitrogens is 1. The minimum absolute atomic E-state index is 0.583. The summed E-state index contributed by atoms with van der Waals surface area (Å²) in [6.45, 7) is 5.61. The summed E-state index contributed by atoms with van der Waals surface area (Å²) in [5.41, 5.74) is 0. The molecule has 19 heavy (non-hydrogen) atoms. The van der Waals surface area contributed by atoms with Crippen LogP contribution in [0.25, 0.3) is 10.8 Å². The number of benzene rings is 1. The maximum Gasteiger partial charge on any atom is 0.162 e. The molecule has 1 aromatic heterocycles. The number of hydrogen-bond donors (Lipinski definition) is 1. The largest absolute Gasteiger partial charge is 0.486 e. The quantitative estimate of drug-likeness (QED) is 0.942. The van der Waals surface area contributed by atoms with Crippen molar-refractivity contribution in [3.05, 3.63) is 35.5 Å². The number of nitrogens with zero attached hydrogens (tertiary/aromatic N) is 1. The summed E-state index contributed by atoms with van der Waals surface area (Å²) in [5.74, 6) is 2.38. The zero-order valence-corrected chi connectivity index (χ0v) is 11.9. The van der Waals surface area contributed by atoms with Crippen LogP contribution in [0.3, 0.4) is 0 Å². The molecule has 1 aliphatic heterocycles. The number of fused-ring (bicyclic) bond motifs is 2. The van der Waals surface area contributed by atoms with Crippen LogP contribution in [0.15, 0.2) is 35.5 Å². The van der Waals surface area contributed by atoms with Gasteiger partial charge in [-0.25, -0.2) is 4.98 Å². The van der Waals surface area contributed by atoms with Crippen molar-refractivity contribution < 1.29 is 9.47 Å². The molecule has 0 saturated heterocycles. The number of rotatable bonds is 3. The highest BCUT2D eigenvalue weighted by Crippen LogP contribution is 2.36. The molecule has 4 nitrogen and oxygen atoms in total. The maximum absolute atomic E-state index is 5.60. The monoisotopic (exact) mass is 320 g/mol. The fourth-order valence-electron chi connectivity index (χ4n) is 2.03. The summed E-state index contributed by atoms with van der Waals surface area (Å²) in [7, 11) is 0. The first kappa shape index (κ1) is 12.3. The van der Waals surface area contributed by atoms with Gasteiger partial charge in [0.15, 0.2) is 11.5 Å². The first-order valence-corrected chi connectivity index (χ1v) is 6.79. The van der Waals surface area contributed by atoms with Gasteiger partial charge in [0, 0.05) is 22.6 Å². The molecule has 0 atom stereocenters. The first-order chi connectivity index (χ1) is 9.24. The van der Waals surface area contributed by atoms with E-state index in [1.54, 1.807) is 6.20 Å². The third kappa shape index (κ3) is 2.51. The molecular formula is C14H13BrN2O2. The molecule has 0 saturated carbocycles. The molecule has 3 rings (SSSR count). The highest BCUT2D eigenvalue weighted by Gasteiger charge is 2.14. The Morgan fingerprint density at radius 2 is 2.05 bits per heavy atom. The molecule has 0 fully saturated rings. The predicted molar refractivity (Wildman–Crippen MR) is 79.3 cm³/mol. The number of ether oxygens (including phenoxy) is 2. The second kappa shape index (κ2) is 5.09. The van der Waals surface area contributed by atoms with Crippen molar-refractivity contribution in [2.45, 2.75) is 0 Å². The lowest BCUT2D eigenvalue weighted by atomic mass is 10.1. The van der Waals surface area contributed by atoms with E-state index in [1.165, 1.54) is 0 Å². The fraction of sp³-hybridized carbons (Fsp3) is 0.214. The van der Waals surface area contributed by atoms with E-state index in [0.29, 0.717) is 19.8 Å². The Labute approximate surface area is 119 Å². The van der Waals surface area contributed by atoms with Crippen LogP contribution in [0.5, 0.6) is 11.5 Å². The third-order valence-corrected chi connectivity index (χ3v) is 3.16. The zero-order chi connectivity index (χ0) is 13.2. The summed E-state index contributed by atoms with van der Waals surface area (Å²) in [6, 6.07) is 5.91. The molecule has 1 aliphatic rings. The van der Waals surface area contributed by atoms with Crippen molar-refractivity contribution in [2.24, 2.45) is 0 Å². The summed E-state index contributed by atoms with van der Waals surface area (Å²) < 4.78 is 12.1. The van der Waals surface area contributed by atoms with Gasteiger partial charge in [0.05, 0.1) is 0 Å². The van der Waals surface area contributed by atoms with Gasteiger partial charge in [0.25, 0.3) is 0 Å². The van der Waals surface area contributed by atoms with Crippen LogP contribution < -0.4 is 14.8 Å². The van der Waals surface area contributed by atoms with Crippen LogP contribution in [0.4, 0.5) is 5.82 Å². The van der Waals surface area contributed by atoms with E-state index < -0.39 is 0 Å². The number of anilines is 1. The standard InChI is InChI=1S/C14H13BrN2O2/c1-9(15)8-17-14-11-7-13-12(18-4-5-19-13)6-10(11)2-3-16-14/h2-3,6-7H,1,4-5,8H2,(H,16,17). The van der Waals surface area contributed by atoms with Gasteiger partial charge < -0.3 is 14.8 Å². The van der Waals surface area contributed by atoms with Crippen molar-refractivity contribution in [3.8, 4) is 11.5 Å². The number of pyridine rings is 1. The Bertz CT molecular complexity index is 643. The predicted octanol–water partition coefficient (Wildman–Crippen LogP) is 3.33. The van der Waals surface area contributed by atoms with Gasteiger partial charge >= 0.3 is 0 Å². The summed E-state index contributed by atoms with van der Waals surface area (Å²) in [6.07, 6.45) is 1.78. The number of hydrogen-bond acceptors (Lipinski definition) is 4. The lowest BCUT2D eigenvalue weighted by Crippen LogP contribution is -2.15. The Kier molecular flexibility index (Phi) is 3.29. The fourth-order valence-corrected chi connectivity index (χ4v) is 2.17. The van der Waals surface area contributed by atoms with Crippen molar-refractivity contribution in [1.29, 1.82) is 0 Å². The Morgan fingerprint density at radius 1 is 1.32 bits per heavy atom.